The van der Waals surface area contributed by atoms with Gasteiger partial charge in [-0.3, -0.25) is 0 Å². The van der Waals surface area contributed by atoms with E-state index in [0.717, 1.165) is 25.9 Å². The van der Waals surface area contributed by atoms with Gasteiger partial charge in [-0.25, -0.2) is 8.78 Å². The van der Waals surface area contributed by atoms with Crippen LogP contribution in [0.3, 0.4) is 0 Å². The van der Waals surface area contributed by atoms with Crippen LogP contribution in [0.2, 0.25) is 0 Å². The molecule has 0 aliphatic carbocycles. The van der Waals surface area contributed by atoms with Crippen LogP contribution >= 0.6 is 0 Å². The van der Waals surface area contributed by atoms with E-state index >= 15 is 0 Å². The standard InChI is InChI=1S/C15H21F2NO2/c16-14-5-1-6-15(17)13(14)10-18-7-3-8-19-11-12-4-2-9-20-12/h1,5-6,12,18H,2-4,7-11H2. The van der Waals surface area contributed by atoms with Gasteiger partial charge in [0.05, 0.1) is 12.7 Å². The van der Waals surface area contributed by atoms with Crippen LogP contribution in [0.5, 0.6) is 0 Å². The highest BCUT2D eigenvalue weighted by molar-refractivity contribution is 5.19. The maximum absolute atomic E-state index is 13.3. The van der Waals surface area contributed by atoms with Crippen molar-refractivity contribution in [3.05, 3.63) is 35.4 Å². The molecule has 0 amide bonds. The third-order valence-electron chi connectivity index (χ3n) is 3.33. The van der Waals surface area contributed by atoms with E-state index in [0.29, 0.717) is 19.8 Å². The van der Waals surface area contributed by atoms with Gasteiger partial charge < -0.3 is 14.8 Å². The molecule has 1 N–H and O–H groups in total. The lowest BCUT2D eigenvalue weighted by molar-refractivity contribution is 0.0166. The Morgan fingerprint density at radius 2 is 2.10 bits per heavy atom. The van der Waals surface area contributed by atoms with Crippen molar-refractivity contribution in [2.75, 3.05) is 26.4 Å². The molecule has 1 saturated heterocycles. The summed E-state index contributed by atoms with van der Waals surface area (Å²) in [5.41, 5.74) is 0.0905. The van der Waals surface area contributed by atoms with E-state index < -0.39 is 11.6 Å². The lowest BCUT2D eigenvalue weighted by atomic mass is 10.2. The summed E-state index contributed by atoms with van der Waals surface area (Å²) in [5.74, 6) is -1.01. The SMILES string of the molecule is Fc1cccc(F)c1CNCCCOCC1CCCO1. The van der Waals surface area contributed by atoms with Crippen LogP contribution < -0.4 is 5.32 Å². The Morgan fingerprint density at radius 3 is 2.80 bits per heavy atom. The zero-order chi connectivity index (χ0) is 14.2. The molecule has 1 atom stereocenters. The molecule has 0 radical (unpaired) electrons. The number of nitrogens with one attached hydrogen (secondary N) is 1. The third kappa shape index (κ3) is 4.81. The van der Waals surface area contributed by atoms with Crippen LogP contribution in [0.15, 0.2) is 18.2 Å². The molecule has 0 saturated carbocycles. The van der Waals surface area contributed by atoms with Crippen LogP contribution in [0.25, 0.3) is 0 Å². The van der Waals surface area contributed by atoms with Gasteiger partial charge in [0.15, 0.2) is 0 Å². The second kappa shape index (κ2) is 8.29. The van der Waals surface area contributed by atoms with Crippen molar-refractivity contribution in [1.82, 2.24) is 5.32 Å². The van der Waals surface area contributed by atoms with Gasteiger partial charge in [0.2, 0.25) is 0 Å². The topological polar surface area (TPSA) is 30.5 Å². The molecule has 1 unspecified atom stereocenters. The molecule has 1 heterocycles. The van der Waals surface area contributed by atoms with Gasteiger partial charge in [0, 0.05) is 25.3 Å². The molecule has 1 aliphatic heterocycles. The highest BCUT2D eigenvalue weighted by atomic mass is 19.1. The van der Waals surface area contributed by atoms with Crippen LogP contribution in [-0.2, 0) is 16.0 Å². The van der Waals surface area contributed by atoms with Crippen molar-refractivity contribution < 1.29 is 18.3 Å². The molecule has 1 aromatic carbocycles. The molecule has 0 bridgehead atoms. The fourth-order valence-electron chi connectivity index (χ4n) is 2.20. The van der Waals surface area contributed by atoms with Crippen LogP contribution in [0.4, 0.5) is 8.78 Å². The Labute approximate surface area is 118 Å². The molecular formula is C15H21F2NO2. The predicted molar refractivity (Wildman–Crippen MR) is 72.5 cm³/mol. The zero-order valence-electron chi connectivity index (χ0n) is 11.5. The monoisotopic (exact) mass is 285 g/mol. The summed E-state index contributed by atoms with van der Waals surface area (Å²) in [6, 6.07) is 3.91. The minimum Gasteiger partial charge on any atom is -0.379 e. The smallest absolute Gasteiger partial charge is 0.130 e. The van der Waals surface area contributed by atoms with Crippen molar-refractivity contribution in [2.24, 2.45) is 0 Å². The summed E-state index contributed by atoms with van der Waals surface area (Å²) >= 11 is 0. The van der Waals surface area contributed by atoms with E-state index in [4.69, 9.17) is 9.47 Å². The first-order valence-electron chi connectivity index (χ1n) is 7.10. The molecule has 0 aromatic heterocycles. The number of ether oxygens (including phenoxy) is 2. The lowest BCUT2D eigenvalue weighted by Gasteiger charge is -2.10. The Morgan fingerprint density at radius 1 is 1.30 bits per heavy atom. The van der Waals surface area contributed by atoms with E-state index in [2.05, 4.69) is 5.32 Å². The first-order chi connectivity index (χ1) is 9.77. The lowest BCUT2D eigenvalue weighted by Crippen LogP contribution is -2.20. The maximum Gasteiger partial charge on any atom is 0.130 e. The zero-order valence-corrected chi connectivity index (χ0v) is 11.5. The van der Waals surface area contributed by atoms with Crippen molar-refractivity contribution in [3.63, 3.8) is 0 Å². The average molecular weight is 285 g/mol. The number of hydrogen-bond donors (Lipinski definition) is 1. The minimum absolute atomic E-state index is 0.0905. The van der Waals surface area contributed by atoms with E-state index in [1.807, 2.05) is 0 Å². The summed E-state index contributed by atoms with van der Waals surface area (Å²) in [4.78, 5) is 0. The number of halogens is 2. The predicted octanol–water partition coefficient (Wildman–Crippen LogP) is 2.64. The first kappa shape index (κ1) is 15.4. The van der Waals surface area contributed by atoms with Gasteiger partial charge in [-0.15, -0.1) is 0 Å². The van der Waals surface area contributed by atoms with Gasteiger partial charge >= 0.3 is 0 Å². The van der Waals surface area contributed by atoms with Gasteiger partial charge in [-0.05, 0) is 37.9 Å². The van der Waals surface area contributed by atoms with Crippen LogP contribution in [0, 0.1) is 11.6 Å². The molecule has 1 aliphatic rings. The summed E-state index contributed by atoms with van der Waals surface area (Å²) < 4.78 is 37.6. The Hall–Kier alpha value is -1.04. The van der Waals surface area contributed by atoms with Crippen molar-refractivity contribution >= 4 is 0 Å². The van der Waals surface area contributed by atoms with Crippen molar-refractivity contribution in [2.45, 2.75) is 31.9 Å². The summed E-state index contributed by atoms with van der Waals surface area (Å²) in [5, 5.41) is 3.02. The second-order valence-corrected chi connectivity index (χ2v) is 4.94. The van der Waals surface area contributed by atoms with E-state index in [1.165, 1.54) is 18.2 Å². The Bertz CT molecular complexity index is 389. The van der Waals surface area contributed by atoms with Gasteiger partial charge in [0.1, 0.15) is 11.6 Å². The highest BCUT2D eigenvalue weighted by Crippen LogP contribution is 2.12. The summed E-state index contributed by atoms with van der Waals surface area (Å²) in [6.45, 7) is 2.97. The second-order valence-electron chi connectivity index (χ2n) is 4.94. The van der Waals surface area contributed by atoms with Gasteiger partial charge in [-0.2, -0.15) is 0 Å². The van der Waals surface area contributed by atoms with Crippen LogP contribution in [-0.4, -0.2) is 32.5 Å². The normalized spacial score (nSPS) is 18.6. The molecule has 1 fully saturated rings. The molecule has 20 heavy (non-hydrogen) atoms. The highest BCUT2D eigenvalue weighted by Gasteiger charge is 2.14. The Kier molecular flexibility index (Phi) is 6.36. The number of hydrogen-bond acceptors (Lipinski definition) is 3. The molecular weight excluding hydrogens is 264 g/mol. The van der Waals surface area contributed by atoms with Crippen molar-refractivity contribution in [3.8, 4) is 0 Å². The molecule has 1 aromatic rings. The van der Waals surface area contributed by atoms with E-state index in [1.54, 1.807) is 0 Å². The number of benzene rings is 1. The molecule has 5 heteroatoms. The summed E-state index contributed by atoms with van der Waals surface area (Å²) in [7, 11) is 0. The number of rotatable bonds is 8. The largest absolute Gasteiger partial charge is 0.379 e. The molecule has 112 valence electrons. The molecule has 0 spiro atoms. The maximum atomic E-state index is 13.3. The molecule has 2 rings (SSSR count). The quantitative estimate of drug-likeness (QED) is 0.745. The fraction of sp³-hybridized carbons (Fsp3) is 0.600. The average Bonchev–Trinajstić information content (AvgIpc) is 2.93. The third-order valence-corrected chi connectivity index (χ3v) is 3.33. The van der Waals surface area contributed by atoms with E-state index in [-0.39, 0.29) is 18.2 Å². The van der Waals surface area contributed by atoms with Gasteiger partial charge in [0.25, 0.3) is 0 Å². The first-order valence-corrected chi connectivity index (χ1v) is 7.10. The van der Waals surface area contributed by atoms with Crippen molar-refractivity contribution in [1.29, 1.82) is 0 Å². The van der Waals surface area contributed by atoms with E-state index in [9.17, 15) is 8.78 Å². The van der Waals surface area contributed by atoms with Gasteiger partial charge in [-0.1, -0.05) is 6.07 Å². The fourth-order valence-corrected chi connectivity index (χ4v) is 2.20. The summed E-state index contributed by atoms with van der Waals surface area (Å²) in [6.07, 6.45) is 3.24. The minimum atomic E-state index is -0.507. The van der Waals surface area contributed by atoms with Crippen LogP contribution in [0.1, 0.15) is 24.8 Å². The molecule has 3 nitrogen and oxygen atoms in total. The Balaban J connectivity index is 1.53.